The van der Waals surface area contributed by atoms with Crippen LogP contribution in [0.15, 0.2) is 78.9 Å². The lowest BCUT2D eigenvalue weighted by Crippen LogP contribution is -2.62. The molecule has 3 aromatic carbocycles. The molecule has 3 aromatic rings. The largest absolute Gasteiger partial charge is 0.378 e. The number of hydrogen-bond donors (Lipinski definition) is 4. The van der Waals surface area contributed by atoms with E-state index in [2.05, 4.69) is 16.0 Å². The number of rotatable bonds is 7. The summed E-state index contributed by atoms with van der Waals surface area (Å²) in [4.78, 5) is 39.4. The molecule has 0 saturated carbocycles. The molecule has 0 bridgehead atoms. The van der Waals surface area contributed by atoms with E-state index in [9.17, 15) is 28.3 Å². The van der Waals surface area contributed by atoms with E-state index >= 15 is 0 Å². The van der Waals surface area contributed by atoms with Crippen LogP contribution in [0.5, 0.6) is 0 Å². The van der Waals surface area contributed by atoms with Gasteiger partial charge in [-0.25, -0.2) is 8.78 Å². The summed E-state index contributed by atoms with van der Waals surface area (Å²) in [6.07, 6.45) is -1.33. The molecule has 0 spiro atoms. The normalized spacial score (nSPS) is 22.6. The van der Waals surface area contributed by atoms with Crippen molar-refractivity contribution < 1.29 is 28.3 Å². The number of carbonyl (C=O) groups excluding carboxylic acids is 3. The van der Waals surface area contributed by atoms with E-state index in [1.54, 1.807) is 6.92 Å². The number of aliphatic hydroxyl groups excluding tert-OH is 1. The minimum atomic E-state index is -1.90. The fourth-order valence-electron chi connectivity index (χ4n) is 5.05. The van der Waals surface area contributed by atoms with E-state index in [1.807, 2.05) is 60.7 Å². The number of hydrogen-bond acceptors (Lipinski definition) is 4. The van der Waals surface area contributed by atoms with Crippen LogP contribution in [0.25, 0.3) is 0 Å². The molecule has 0 aliphatic carbocycles. The zero-order chi connectivity index (χ0) is 28.2. The molecule has 1 heterocycles. The molecule has 1 saturated heterocycles. The topological polar surface area (TPSA) is 108 Å². The zero-order valence-corrected chi connectivity index (χ0v) is 21.7. The second kappa shape index (κ2) is 11.7. The van der Waals surface area contributed by atoms with Gasteiger partial charge in [0, 0.05) is 24.4 Å². The fraction of sp³-hybridized carbons (Fsp3) is 0.300. The van der Waals surface area contributed by atoms with Gasteiger partial charge in [0.15, 0.2) is 6.10 Å². The highest BCUT2D eigenvalue weighted by molar-refractivity contribution is 5.95. The quantitative estimate of drug-likeness (QED) is 0.372. The van der Waals surface area contributed by atoms with Crippen LogP contribution in [-0.2, 0) is 14.4 Å². The first-order chi connectivity index (χ1) is 18.6. The van der Waals surface area contributed by atoms with Crippen LogP contribution in [-0.4, -0.2) is 41.0 Å². The monoisotopic (exact) mass is 535 g/mol. The predicted octanol–water partition coefficient (Wildman–Crippen LogP) is 3.47. The van der Waals surface area contributed by atoms with Gasteiger partial charge in [-0.1, -0.05) is 60.7 Å². The molecule has 5 atom stereocenters. The average Bonchev–Trinajstić information content (AvgIpc) is 3.04. The summed E-state index contributed by atoms with van der Waals surface area (Å²) in [7, 11) is 0. The van der Waals surface area contributed by atoms with Crippen molar-refractivity contribution in [3.05, 3.63) is 107 Å². The third-order valence-electron chi connectivity index (χ3n) is 7.25. The van der Waals surface area contributed by atoms with Crippen LogP contribution in [0.2, 0.25) is 0 Å². The molecule has 0 radical (unpaired) electrons. The lowest BCUT2D eigenvalue weighted by atomic mass is 9.74. The molecule has 1 fully saturated rings. The molecule has 0 unspecified atom stereocenters. The smallest absolute Gasteiger partial charge is 0.254 e. The van der Waals surface area contributed by atoms with Crippen molar-refractivity contribution in [2.75, 3.05) is 6.54 Å². The van der Waals surface area contributed by atoms with E-state index in [4.69, 9.17) is 0 Å². The van der Waals surface area contributed by atoms with E-state index < -0.39 is 47.1 Å². The zero-order valence-electron chi connectivity index (χ0n) is 21.7. The summed E-state index contributed by atoms with van der Waals surface area (Å²) >= 11 is 0. The van der Waals surface area contributed by atoms with Crippen molar-refractivity contribution in [1.29, 1.82) is 0 Å². The van der Waals surface area contributed by atoms with Gasteiger partial charge in [-0.05, 0) is 49.1 Å². The fourth-order valence-corrected chi connectivity index (χ4v) is 5.05. The lowest BCUT2D eigenvalue weighted by Gasteiger charge is -2.37. The van der Waals surface area contributed by atoms with Crippen LogP contribution >= 0.6 is 0 Å². The Bertz CT molecular complexity index is 1320. The molecule has 39 heavy (non-hydrogen) atoms. The van der Waals surface area contributed by atoms with E-state index in [0.29, 0.717) is 19.0 Å². The standard InChI is InChI=1S/C30H31F2N3O4/c1-18(34-28(38)26(36)21-13-23(31)16-24(32)14-21)27(37)35-30(2)25(20-11-7-4-8-12-20)15-22(17-33-29(30)39)19-9-5-3-6-10-19/h3-14,16,18,22,25-26,36H,15,17H2,1-2H3,(H,33,39)(H,34,38)(H,35,37)/t18-,22+,25+,26+,30-/m0/s1. The molecule has 1 aliphatic rings. The third-order valence-corrected chi connectivity index (χ3v) is 7.25. The third kappa shape index (κ3) is 6.31. The molecular formula is C30H31F2N3O4. The molecule has 1 aliphatic heterocycles. The molecule has 4 rings (SSSR count). The van der Waals surface area contributed by atoms with Gasteiger partial charge in [-0.3, -0.25) is 14.4 Å². The Labute approximate surface area is 225 Å². The summed E-state index contributed by atoms with van der Waals surface area (Å²) in [6.45, 7) is 3.44. The first-order valence-corrected chi connectivity index (χ1v) is 12.7. The van der Waals surface area contributed by atoms with Gasteiger partial charge >= 0.3 is 0 Å². The Kier molecular flexibility index (Phi) is 8.40. The maximum Gasteiger partial charge on any atom is 0.254 e. The summed E-state index contributed by atoms with van der Waals surface area (Å²) in [5.74, 6) is -4.33. The molecule has 0 aromatic heterocycles. The van der Waals surface area contributed by atoms with Gasteiger partial charge < -0.3 is 21.1 Å². The van der Waals surface area contributed by atoms with Crippen LogP contribution in [0, 0.1) is 11.6 Å². The Morgan fingerprint density at radius 2 is 1.51 bits per heavy atom. The average molecular weight is 536 g/mol. The van der Waals surface area contributed by atoms with Crippen LogP contribution < -0.4 is 16.0 Å². The second-order valence-electron chi connectivity index (χ2n) is 10.0. The van der Waals surface area contributed by atoms with Crippen molar-refractivity contribution in [2.45, 2.75) is 49.8 Å². The predicted molar refractivity (Wildman–Crippen MR) is 141 cm³/mol. The Morgan fingerprint density at radius 1 is 0.949 bits per heavy atom. The Morgan fingerprint density at radius 3 is 2.10 bits per heavy atom. The van der Waals surface area contributed by atoms with Crippen molar-refractivity contribution in [2.24, 2.45) is 0 Å². The number of benzene rings is 3. The first-order valence-electron chi connectivity index (χ1n) is 12.7. The van der Waals surface area contributed by atoms with Crippen molar-refractivity contribution in [3.63, 3.8) is 0 Å². The summed E-state index contributed by atoms with van der Waals surface area (Å²) in [6, 6.07) is 20.4. The Hall–Kier alpha value is -4.11. The summed E-state index contributed by atoms with van der Waals surface area (Å²) < 4.78 is 27.1. The summed E-state index contributed by atoms with van der Waals surface area (Å²) in [5, 5.41) is 18.5. The minimum Gasteiger partial charge on any atom is -0.378 e. The van der Waals surface area contributed by atoms with E-state index in [0.717, 1.165) is 23.3 Å². The van der Waals surface area contributed by atoms with E-state index in [1.165, 1.54) is 6.92 Å². The van der Waals surface area contributed by atoms with Crippen molar-refractivity contribution in [1.82, 2.24) is 16.0 Å². The molecule has 204 valence electrons. The van der Waals surface area contributed by atoms with Gasteiger partial charge in [0.25, 0.3) is 5.91 Å². The highest BCUT2D eigenvalue weighted by atomic mass is 19.1. The number of nitrogens with one attached hydrogen (secondary N) is 3. The van der Waals surface area contributed by atoms with Crippen molar-refractivity contribution >= 4 is 17.7 Å². The van der Waals surface area contributed by atoms with Gasteiger partial charge in [0.2, 0.25) is 11.8 Å². The molecular weight excluding hydrogens is 504 g/mol. The van der Waals surface area contributed by atoms with E-state index in [-0.39, 0.29) is 17.4 Å². The molecule has 9 heteroatoms. The lowest BCUT2D eigenvalue weighted by molar-refractivity contribution is -0.137. The van der Waals surface area contributed by atoms with Crippen LogP contribution in [0.3, 0.4) is 0 Å². The van der Waals surface area contributed by atoms with Gasteiger partial charge in [-0.2, -0.15) is 0 Å². The minimum absolute atomic E-state index is 0.00183. The SMILES string of the molecule is C[C@H](NC(=O)[C@H](O)c1cc(F)cc(F)c1)C(=O)N[C@]1(C)C(=O)NC[C@H](c2ccccc2)C[C@@H]1c1ccccc1. The molecule has 3 amide bonds. The highest BCUT2D eigenvalue weighted by Gasteiger charge is 2.47. The van der Waals surface area contributed by atoms with Crippen LogP contribution in [0.4, 0.5) is 8.78 Å². The second-order valence-corrected chi connectivity index (χ2v) is 10.0. The first kappa shape index (κ1) is 27.9. The number of amides is 3. The number of carbonyl (C=O) groups is 3. The molecule has 7 nitrogen and oxygen atoms in total. The number of aliphatic hydroxyl groups is 1. The summed E-state index contributed by atoms with van der Waals surface area (Å²) in [5.41, 5.74) is 0.283. The van der Waals surface area contributed by atoms with Gasteiger partial charge in [0.05, 0.1) is 0 Å². The molecule has 4 N–H and O–H groups in total. The maximum atomic E-state index is 13.5. The van der Waals surface area contributed by atoms with Gasteiger partial charge in [0.1, 0.15) is 23.2 Å². The van der Waals surface area contributed by atoms with Gasteiger partial charge in [-0.15, -0.1) is 0 Å². The Balaban J connectivity index is 1.55. The van der Waals surface area contributed by atoms with Crippen LogP contribution in [0.1, 0.15) is 54.9 Å². The van der Waals surface area contributed by atoms with Crippen molar-refractivity contribution in [3.8, 4) is 0 Å². The maximum absolute atomic E-state index is 13.5. The highest BCUT2D eigenvalue weighted by Crippen LogP contribution is 2.39. The number of halogens is 2.